The van der Waals surface area contributed by atoms with Gasteiger partial charge in [0.05, 0.1) is 6.54 Å². The highest BCUT2D eigenvalue weighted by Crippen LogP contribution is 2.31. The summed E-state index contributed by atoms with van der Waals surface area (Å²) < 4.78 is 29.1. The van der Waals surface area contributed by atoms with Crippen LogP contribution in [0, 0.1) is 6.92 Å². The van der Waals surface area contributed by atoms with Crippen molar-refractivity contribution in [3.63, 3.8) is 0 Å². The Morgan fingerprint density at radius 3 is 2.46 bits per heavy atom. The lowest BCUT2D eigenvalue weighted by Gasteiger charge is -2.34. The van der Waals surface area contributed by atoms with Crippen LogP contribution < -0.4 is 4.72 Å². The summed E-state index contributed by atoms with van der Waals surface area (Å²) in [5, 5.41) is 0. The molecular weight excluding hydrogens is 508 g/mol. The van der Waals surface area contributed by atoms with Gasteiger partial charge in [-0.2, -0.15) is 4.72 Å². The molecule has 10 heteroatoms. The molecule has 3 saturated heterocycles. The van der Waals surface area contributed by atoms with E-state index in [-0.39, 0.29) is 28.6 Å². The second-order valence-corrected chi connectivity index (χ2v) is 13.5. The molecule has 2 amide bonds. The standard InChI is InChI=1S/C27H36N4O4S2/c1-20-8-10-21(11-9-20)24-12-13-26(36-24)37(34,35)28-23-7-5-16-30(27(23)33)19-25(32)31-17-4-6-22(31)18-29-14-2-3-15-29/h8-13,22-23,28H,2-7,14-19H2,1H3. The summed E-state index contributed by atoms with van der Waals surface area (Å²) in [6.45, 7) is 6.34. The van der Waals surface area contributed by atoms with Gasteiger partial charge in [0.25, 0.3) is 10.0 Å². The van der Waals surface area contributed by atoms with Crippen LogP contribution in [0.2, 0.25) is 0 Å². The van der Waals surface area contributed by atoms with Gasteiger partial charge in [-0.1, -0.05) is 29.8 Å². The SMILES string of the molecule is Cc1ccc(-c2ccc(S(=O)(=O)NC3CCCN(CC(=O)N4CCCC4CN4CCCC4)C3=O)s2)cc1. The average Bonchev–Trinajstić information content (AvgIpc) is 3.65. The summed E-state index contributed by atoms with van der Waals surface area (Å²) in [6.07, 6.45) is 5.52. The number of amides is 2. The van der Waals surface area contributed by atoms with E-state index < -0.39 is 16.1 Å². The van der Waals surface area contributed by atoms with Crippen LogP contribution in [0.25, 0.3) is 10.4 Å². The molecule has 1 aromatic heterocycles. The predicted molar refractivity (Wildman–Crippen MR) is 145 cm³/mol. The molecule has 1 N–H and O–H groups in total. The molecule has 3 aliphatic heterocycles. The number of carbonyl (C=O) groups is 2. The van der Waals surface area contributed by atoms with E-state index in [9.17, 15) is 18.0 Å². The number of nitrogens with one attached hydrogen (secondary N) is 1. The Bertz CT molecular complexity index is 1220. The first kappa shape index (κ1) is 26.3. The van der Waals surface area contributed by atoms with Crippen LogP contribution in [0.1, 0.15) is 44.1 Å². The number of aryl methyl sites for hydroxylation is 1. The van der Waals surface area contributed by atoms with Crippen molar-refractivity contribution in [3.05, 3.63) is 42.0 Å². The fourth-order valence-electron chi connectivity index (χ4n) is 5.66. The molecule has 0 aliphatic carbocycles. The lowest BCUT2D eigenvalue weighted by atomic mass is 10.1. The number of benzene rings is 1. The highest BCUT2D eigenvalue weighted by molar-refractivity contribution is 7.91. The van der Waals surface area contributed by atoms with E-state index in [2.05, 4.69) is 9.62 Å². The second-order valence-electron chi connectivity index (χ2n) is 10.5. The van der Waals surface area contributed by atoms with Crippen LogP contribution >= 0.6 is 11.3 Å². The molecule has 5 rings (SSSR count). The highest BCUT2D eigenvalue weighted by atomic mass is 32.2. The first-order chi connectivity index (χ1) is 17.8. The molecule has 3 fully saturated rings. The van der Waals surface area contributed by atoms with Crippen LogP contribution in [-0.2, 0) is 19.6 Å². The maximum absolute atomic E-state index is 13.2. The van der Waals surface area contributed by atoms with Crippen LogP contribution in [0.4, 0.5) is 0 Å². The average molecular weight is 545 g/mol. The first-order valence-corrected chi connectivity index (χ1v) is 15.6. The Balaban J connectivity index is 1.20. The lowest BCUT2D eigenvalue weighted by molar-refractivity contribution is -0.143. The van der Waals surface area contributed by atoms with Gasteiger partial charge in [0.2, 0.25) is 11.8 Å². The Morgan fingerprint density at radius 2 is 1.70 bits per heavy atom. The summed E-state index contributed by atoms with van der Waals surface area (Å²) >= 11 is 1.19. The number of nitrogens with zero attached hydrogens (tertiary/aromatic N) is 3. The quantitative estimate of drug-likeness (QED) is 0.552. The van der Waals surface area contributed by atoms with Crippen molar-refractivity contribution < 1.29 is 18.0 Å². The summed E-state index contributed by atoms with van der Waals surface area (Å²) in [4.78, 5) is 33.2. The van der Waals surface area contributed by atoms with Gasteiger partial charge in [-0.25, -0.2) is 8.42 Å². The zero-order valence-corrected chi connectivity index (χ0v) is 23.0. The zero-order valence-electron chi connectivity index (χ0n) is 21.4. The Hall–Kier alpha value is -2.27. The van der Waals surface area contributed by atoms with Crippen LogP contribution in [-0.4, -0.2) is 86.3 Å². The van der Waals surface area contributed by atoms with Crippen LogP contribution in [0.3, 0.4) is 0 Å². The Kier molecular flexibility index (Phi) is 7.99. The number of hydrogen-bond donors (Lipinski definition) is 1. The molecule has 1 aromatic carbocycles. The normalized spacial score (nSPS) is 23.2. The predicted octanol–water partition coefficient (Wildman–Crippen LogP) is 3.08. The van der Waals surface area contributed by atoms with Crippen molar-refractivity contribution in [3.8, 4) is 10.4 Å². The number of thiophene rings is 1. The van der Waals surface area contributed by atoms with Gasteiger partial charge in [-0.3, -0.25) is 9.59 Å². The molecular formula is C27H36N4O4S2. The monoisotopic (exact) mass is 544 g/mol. The van der Waals surface area contributed by atoms with Gasteiger partial charge in [-0.15, -0.1) is 11.3 Å². The fraction of sp³-hybridized carbons (Fsp3) is 0.556. The molecule has 8 nitrogen and oxygen atoms in total. The van der Waals surface area contributed by atoms with Gasteiger partial charge in [0, 0.05) is 30.6 Å². The minimum absolute atomic E-state index is 0.0180. The van der Waals surface area contributed by atoms with E-state index in [0.29, 0.717) is 19.4 Å². The smallest absolute Gasteiger partial charge is 0.250 e. The van der Waals surface area contributed by atoms with Crippen molar-refractivity contribution >= 4 is 33.2 Å². The van der Waals surface area contributed by atoms with Gasteiger partial charge in [-0.05, 0) is 76.2 Å². The molecule has 37 heavy (non-hydrogen) atoms. The molecule has 3 aliphatic rings. The van der Waals surface area contributed by atoms with Crippen molar-refractivity contribution in [1.29, 1.82) is 0 Å². The molecule has 2 unspecified atom stereocenters. The van der Waals surface area contributed by atoms with Crippen LogP contribution in [0.5, 0.6) is 0 Å². The molecule has 0 radical (unpaired) electrons. The Morgan fingerprint density at radius 1 is 0.973 bits per heavy atom. The first-order valence-electron chi connectivity index (χ1n) is 13.3. The van der Waals surface area contributed by atoms with E-state index in [0.717, 1.165) is 55.0 Å². The molecule has 0 saturated carbocycles. The van der Waals surface area contributed by atoms with E-state index in [4.69, 9.17) is 0 Å². The molecule has 0 spiro atoms. The maximum atomic E-state index is 13.2. The maximum Gasteiger partial charge on any atom is 0.250 e. The molecule has 0 bridgehead atoms. The van der Waals surface area contributed by atoms with Gasteiger partial charge in [0.15, 0.2) is 0 Å². The number of sulfonamides is 1. The summed E-state index contributed by atoms with van der Waals surface area (Å²) in [5.41, 5.74) is 2.10. The third kappa shape index (κ3) is 6.08. The number of rotatable bonds is 8. The summed E-state index contributed by atoms with van der Waals surface area (Å²) in [6, 6.07) is 10.7. The topological polar surface area (TPSA) is 90.0 Å². The van der Waals surface area contributed by atoms with Gasteiger partial charge < -0.3 is 14.7 Å². The largest absolute Gasteiger partial charge is 0.337 e. The number of carbonyl (C=O) groups excluding carboxylic acids is 2. The third-order valence-electron chi connectivity index (χ3n) is 7.70. The van der Waals surface area contributed by atoms with E-state index in [1.54, 1.807) is 12.1 Å². The zero-order chi connectivity index (χ0) is 26.0. The minimum atomic E-state index is -3.86. The second kappa shape index (κ2) is 11.2. The van der Waals surface area contributed by atoms with Gasteiger partial charge >= 0.3 is 0 Å². The van der Waals surface area contributed by atoms with Crippen molar-refractivity contribution in [2.75, 3.05) is 39.3 Å². The van der Waals surface area contributed by atoms with E-state index >= 15 is 0 Å². The summed E-state index contributed by atoms with van der Waals surface area (Å²) in [5.74, 6) is -0.340. The Labute approximate surface area is 223 Å². The molecule has 200 valence electrons. The molecule has 4 heterocycles. The number of likely N-dealkylation sites (tertiary alicyclic amines) is 3. The lowest BCUT2D eigenvalue weighted by Crippen LogP contribution is -2.55. The van der Waals surface area contributed by atoms with E-state index in [1.165, 1.54) is 29.1 Å². The van der Waals surface area contributed by atoms with Gasteiger partial charge in [0.1, 0.15) is 10.3 Å². The van der Waals surface area contributed by atoms with Crippen molar-refractivity contribution in [2.24, 2.45) is 0 Å². The number of hydrogen-bond acceptors (Lipinski definition) is 6. The molecule has 2 aromatic rings. The van der Waals surface area contributed by atoms with Crippen LogP contribution in [0.15, 0.2) is 40.6 Å². The van der Waals surface area contributed by atoms with Crippen molar-refractivity contribution in [2.45, 2.75) is 61.7 Å². The molecule has 2 atom stereocenters. The van der Waals surface area contributed by atoms with E-state index in [1.807, 2.05) is 36.1 Å². The fourth-order valence-corrected chi connectivity index (χ4v) is 8.21. The third-order valence-corrected chi connectivity index (χ3v) is 10.8. The minimum Gasteiger partial charge on any atom is -0.337 e. The number of piperidine rings is 1. The van der Waals surface area contributed by atoms with Crippen molar-refractivity contribution in [1.82, 2.24) is 19.4 Å². The highest BCUT2D eigenvalue weighted by Gasteiger charge is 2.36. The summed E-state index contributed by atoms with van der Waals surface area (Å²) in [7, 11) is -3.86.